The number of amides is 1. The lowest BCUT2D eigenvalue weighted by Gasteiger charge is -2.19. The first-order chi connectivity index (χ1) is 7.09. The maximum atomic E-state index is 11.3. The van der Waals surface area contributed by atoms with Gasteiger partial charge in [0.15, 0.2) is 0 Å². The Kier molecular flexibility index (Phi) is 5.05. The Labute approximate surface area is 92.4 Å². The van der Waals surface area contributed by atoms with E-state index in [2.05, 4.69) is 36.6 Å². The van der Waals surface area contributed by atoms with Gasteiger partial charge >= 0.3 is 0 Å². The van der Waals surface area contributed by atoms with Crippen molar-refractivity contribution in [1.29, 1.82) is 0 Å². The number of rotatable bonds is 7. The van der Waals surface area contributed by atoms with Crippen LogP contribution >= 0.6 is 0 Å². The van der Waals surface area contributed by atoms with E-state index in [0.29, 0.717) is 18.5 Å². The third-order valence-electron chi connectivity index (χ3n) is 2.79. The van der Waals surface area contributed by atoms with Crippen LogP contribution in [0.4, 0.5) is 0 Å². The normalized spacial score (nSPS) is 17.9. The van der Waals surface area contributed by atoms with Crippen LogP contribution in [0.1, 0.15) is 26.2 Å². The van der Waals surface area contributed by atoms with Gasteiger partial charge in [0.05, 0.1) is 0 Å². The van der Waals surface area contributed by atoms with E-state index in [1.807, 2.05) is 0 Å². The van der Waals surface area contributed by atoms with Gasteiger partial charge in [-0.3, -0.25) is 4.79 Å². The highest BCUT2D eigenvalue weighted by molar-refractivity contribution is 5.76. The second-order valence-corrected chi connectivity index (χ2v) is 4.61. The van der Waals surface area contributed by atoms with E-state index in [-0.39, 0.29) is 5.91 Å². The molecular weight excluding hydrogens is 190 g/mol. The van der Waals surface area contributed by atoms with Crippen LogP contribution in [0.15, 0.2) is 0 Å². The van der Waals surface area contributed by atoms with Gasteiger partial charge in [0.2, 0.25) is 5.91 Å². The Bertz CT molecular complexity index is 202. The number of nitrogens with zero attached hydrogens (tertiary/aromatic N) is 1. The Balaban J connectivity index is 1.93. The Morgan fingerprint density at radius 3 is 2.67 bits per heavy atom. The zero-order valence-electron chi connectivity index (χ0n) is 10.0. The Morgan fingerprint density at radius 2 is 2.13 bits per heavy atom. The fourth-order valence-corrected chi connectivity index (χ4v) is 1.22. The van der Waals surface area contributed by atoms with Crippen LogP contribution < -0.4 is 10.6 Å². The second-order valence-electron chi connectivity index (χ2n) is 4.61. The molecule has 1 aliphatic carbocycles. The van der Waals surface area contributed by atoms with Crippen LogP contribution in [0, 0.1) is 0 Å². The molecule has 2 N–H and O–H groups in total. The summed E-state index contributed by atoms with van der Waals surface area (Å²) >= 11 is 0. The summed E-state index contributed by atoms with van der Waals surface area (Å²) in [5.74, 6) is 0.183. The predicted molar refractivity (Wildman–Crippen MR) is 61.8 cm³/mol. The summed E-state index contributed by atoms with van der Waals surface area (Å²) in [6.45, 7) is 3.87. The van der Waals surface area contributed by atoms with Crippen molar-refractivity contribution in [2.24, 2.45) is 0 Å². The highest BCUT2D eigenvalue weighted by Gasteiger charge is 2.22. The molecule has 1 fully saturated rings. The van der Waals surface area contributed by atoms with Gasteiger partial charge in [-0.05, 0) is 33.9 Å². The molecule has 4 nitrogen and oxygen atoms in total. The molecule has 1 unspecified atom stereocenters. The molecule has 0 bridgehead atoms. The maximum absolute atomic E-state index is 11.3. The van der Waals surface area contributed by atoms with Crippen LogP contribution in [-0.2, 0) is 4.79 Å². The molecule has 0 aromatic rings. The smallest absolute Gasteiger partial charge is 0.221 e. The molecule has 1 amide bonds. The van der Waals surface area contributed by atoms with Gasteiger partial charge in [0.25, 0.3) is 0 Å². The molecule has 1 aliphatic rings. The number of hydrogen-bond donors (Lipinski definition) is 2. The molecule has 0 radical (unpaired) electrons. The minimum absolute atomic E-state index is 0.183. The van der Waals surface area contributed by atoms with Gasteiger partial charge in [0, 0.05) is 31.6 Å². The zero-order valence-corrected chi connectivity index (χ0v) is 10.0. The van der Waals surface area contributed by atoms with Gasteiger partial charge in [-0.15, -0.1) is 0 Å². The monoisotopic (exact) mass is 213 g/mol. The van der Waals surface area contributed by atoms with Crippen molar-refractivity contribution in [1.82, 2.24) is 15.5 Å². The van der Waals surface area contributed by atoms with Crippen molar-refractivity contribution in [2.75, 3.05) is 27.2 Å². The summed E-state index contributed by atoms with van der Waals surface area (Å²) in [6, 6.07) is 0.995. The highest BCUT2D eigenvalue weighted by atomic mass is 16.1. The molecule has 88 valence electrons. The van der Waals surface area contributed by atoms with Crippen LogP contribution in [0.3, 0.4) is 0 Å². The van der Waals surface area contributed by atoms with E-state index in [9.17, 15) is 4.79 Å². The lowest BCUT2D eigenvalue weighted by Crippen LogP contribution is -2.37. The summed E-state index contributed by atoms with van der Waals surface area (Å²) in [4.78, 5) is 13.5. The fraction of sp³-hybridized carbons (Fsp3) is 0.909. The summed E-state index contributed by atoms with van der Waals surface area (Å²) in [6.07, 6.45) is 2.92. The number of nitrogens with one attached hydrogen (secondary N) is 2. The largest absolute Gasteiger partial charge is 0.353 e. The molecule has 15 heavy (non-hydrogen) atoms. The van der Waals surface area contributed by atoms with Crippen LogP contribution in [0.2, 0.25) is 0 Å². The Morgan fingerprint density at radius 1 is 1.47 bits per heavy atom. The minimum Gasteiger partial charge on any atom is -0.353 e. The van der Waals surface area contributed by atoms with Gasteiger partial charge in [-0.1, -0.05) is 0 Å². The predicted octanol–water partition coefficient (Wildman–Crippen LogP) is 0.195. The lowest BCUT2D eigenvalue weighted by atomic mass is 10.3. The lowest BCUT2D eigenvalue weighted by molar-refractivity contribution is -0.121. The summed E-state index contributed by atoms with van der Waals surface area (Å²) in [5, 5.41) is 6.26. The third-order valence-corrected chi connectivity index (χ3v) is 2.79. The third kappa shape index (κ3) is 5.74. The maximum Gasteiger partial charge on any atom is 0.221 e. The first-order valence-electron chi connectivity index (χ1n) is 5.76. The van der Waals surface area contributed by atoms with Gasteiger partial charge in [0.1, 0.15) is 0 Å². The first-order valence-corrected chi connectivity index (χ1v) is 5.76. The van der Waals surface area contributed by atoms with Crippen LogP contribution in [-0.4, -0.2) is 50.1 Å². The van der Waals surface area contributed by atoms with Crippen LogP contribution in [0.25, 0.3) is 0 Å². The fourth-order valence-electron chi connectivity index (χ4n) is 1.22. The molecule has 1 rings (SSSR count). The van der Waals surface area contributed by atoms with E-state index in [0.717, 1.165) is 25.9 Å². The van der Waals surface area contributed by atoms with Gasteiger partial charge in [-0.25, -0.2) is 0 Å². The standard InChI is InChI=1S/C11H23N3O/c1-9(14(2)3)8-12-7-6-11(15)13-10-4-5-10/h9-10,12H,4-8H2,1-3H3,(H,13,15). The first kappa shape index (κ1) is 12.5. The Hall–Kier alpha value is -0.610. The topological polar surface area (TPSA) is 44.4 Å². The molecule has 0 aromatic heterocycles. The van der Waals surface area contributed by atoms with Gasteiger partial charge < -0.3 is 15.5 Å². The van der Waals surface area contributed by atoms with E-state index in [1.165, 1.54) is 0 Å². The van der Waals surface area contributed by atoms with E-state index in [4.69, 9.17) is 0 Å². The SMILES string of the molecule is CC(CNCCC(=O)NC1CC1)N(C)C. The van der Waals surface area contributed by atoms with Crippen molar-refractivity contribution in [2.45, 2.75) is 38.3 Å². The average molecular weight is 213 g/mol. The van der Waals surface area contributed by atoms with Crippen molar-refractivity contribution in [3.63, 3.8) is 0 Å². The highest BCUT2D eigenvalue weighted by Crippen LogP contribution is 2.18. The zero-order chi connectivity index (χ0) is 11.3. The number of hydrogen-bond acceptors (Lipinski definition) is 3. The second kappa shape index (κ2) is 6.08. The molecule has 1 saturated carbocycles. The molecule has 1 atom stereocenters. The average Bonchev–Trinajstić information content (AvgIpc) is 2.95. The van der Waals surface area contributed by atoms with E-state index in [1.54, 1.807) is 0 Å². The summed E-state index contributed by atoms with van der Waals surface area (Å²) in [5.41, 5.74) is 0. The van der Waals surface area contributed by atoms with Gasteiger partial charge in [-0.2, -0.15) is 0 Å². The van der Waals surface area contributed by atoms with Crippen molar-refractivity contribution in [3.05, 3.63) is 0 Å². The molecule has 0 heterocycles. The number of carbonyl (C=O) groups is 1. The molecule has 0 aliphatic heterocycles. The minimum atomic E-state index is 0.183. The van der Waals surface area contributed by atoms with E-state index < -0.39 is 0 Å². The molecular formula is C11H23N3O. The summed E-state index contributed by atoms with van der Waals surface area (Å²) in [7, 11) is 4.12. The number of likely N-dealkylation sites (N-methyl/N-ethyl adjacent to an activating group) is 1. The number of carbonyl (C=O) groups excluding carboxylic acids is 1. The molecule has 0 spiro atoms. The van der Waals surface area contributed by atoms with E-state index >= 15 is 0 Å². The molecule has 0 saturated heterocycles. The van der Waals surface area contributed by atoms with Crippen molar-refractivity contribution < 1.29 is 4.79 Å². The summed E-state index contributed by atoms with van der Waals surface area (Å²) < 4.78 is 0. The molecule has 0 aromatic carbocycles. The van der Waals surface area contributed by atoms with Crippen molar-refractivity contribution >= 4 is 5.91 Å². The van der Waals surface area contributed by atoms with Crippen LogP contribution in [0.5, 0.6) is 0 Å². The quantitative estimate of drug-likeness (QED) is 0.594. The molecule has 4 heteroatoms. The van der Waals surface area contributed by atoms with Crippen molar-refractivity contribution in [3.8, 4) is 0 Å².